The van der Waals surface area contributed by atoms with Gasteiger partial charge in [-0.15, -0.1) is 0 Å². The van der Waals surface area contributed by atoms with Crippen LogP contribution in [0.1, 0.15) is 5.56 Å². The molecular formula is C13H16N2O4. The van der Waals surface area contributed by atoms with Crippen LogP contribution in [-0.2, 0) is 20.9 Å². The molecule has 1 fully saturated rings. The summed E-state index contributed by atoms with van der Waals surface area (Å²) in [4.78, 5) is 22.7. The highest BCUT2D eigenvalue weighted by Crippen LogP contribution is 2.13. The van der Waals surface area contributed by atoms with Crippen LogP contribution in [0.3, 0.4) is 0 Å². The summed E-state index contributed by atoms with van der Waals surface area (Å²) in [5.41, 5.74) is 6.11. The molecule has 0 unspecified atom stereocenters. The predicted molar refractivity (Wildman–Crippen MR) is 67.1 cm³/mol. The molecule has 6 heteroatoms. The van der Waals surface area contributed by atoms with E-state index in [9.17, 15) is 9.59 Å². The first-order valence-electron chi connectivity index (χ1n) is 6.01. The Bertz CT molecular complexity index is 449. The van der Waals surface area contributed by atoms with Crippen LogP contribution in [0, 0.1) is 5.92 Å². The van der Waals surface area contributed by atoms with Gasteiger partial charge >= 0.3 is 6.09 Å². The highest BCUT2D eigenvalue weighted by atomic mass is 16.5. The summed E-state index contributed by atoms with van der Waals surface area (Å²) in [6, 6.07) is 8.92. The Labute approximate surface area is 110 Å². The van der Waals surface area contributed by atoms with Gasteiger partial charge in [-0.25, -0.2) is 4.79 Å². The van der Waals surface area contributed by atoms with E-state index in [-0.39, 0.29) is 19.8 Å². The lowest BCUT2D eigenvalue weighted by molar-refractivity contribution is -0.122. The SMILES string of the molecule is NC(=O)[C@H]1COC[C@H]1NC(=O)OCc1ccccc1. The van der Waals surface area contributed by atoms with Crippen LogP contribution >= 0.6 is 0 Å². The van der Waals surface area contributed by atoms with Crippen molar-refractivity contribution in [2.75, 3.05) is 13.2 Å². The van der Waals surface area contributed by atoms with Crippen molar-refractivity contribution in [1.29, 1.82) is 0 Å². The fourth-order valence-corrected chi connectivity index (χ4v) is 1.89. The molecule has 0 saturated carbocycles. The fourth-order valence-electron chi connectivity index (χ4n) is 1.89. The molecule has 0 aromatic heterocycles. The summed E-state index contributed by atoms with van der Waals surface area (Å²) in [6.07, 6.45) is -0.578. The molecule has 1 aliphatic rings. The zero-order valence-electron chi connectivity index (χ0n) is 10.4. The van der Waals surface area contributed by atoms with Gasteiger partial charge < -0.3 is 20.5 Å². The molecule has 3 N–H and O–H groups in total. The summed E-state index contributed by atoms with van der Waals surface area (Å²) in [7, 11) is 0. The van der Waals surface area contributed by atoms with Crippen molar-refractivity contribution in [1.82, 2.24) is 5.32 Å². The van der Waals surface area contributed by atoms with Crippen LogP contribution < -0.4 is 11.1 Å². The molecule has 1 aliphatic heterocycles. The molecule has 2 amide bonds. The maximum atomic E-state index is 11.6. The van der Waals surface area contributed by atoms with Crippen molar-refractivity contribution >= 4 is 12.0 Å². The molecule has 6 nitrogen and oxygen atoms in total. The molecule has 1 saturated heterocycles. The normalized spacial score (nSPS) is 21.9. The van der Waals surface area contributed by atoms with Crippen molar-refractivity contribution in [3.05, 3.63) is 35.9 Å². The number of alkyl carbamates (subject to hydrolysis) is 1. The van der Waals surface area contributed by atoms with E-state index in [1.165, 1.54) is 0 Å². The fraction of sp³-hybridized carbons (Fsp3) is 0.385. The van der Waals surface area contributed by atoms with Crippen molar-refractivity contribution < 1.29 is 19.1 Å². The van der Waals surface area contributed by atoms with Crippen LogP contribution in [0.25, 0.3) is 0 Å². The maximum Gasteiger partial charge on any atom is 0.407 e. The highest BCUT2D eigenvalue weighted by molar-refractivity contribution is 5.79. The summed E-state index contributed by atoms with van der Waals surface area (Å²) < 4.78 is 10.2. The minimum absolute atomic E-state index is 0.182. The van der Waals surface area contributed by atoms with Crippen molar-refractivity contribution in [2.45, 2.75) is 12.6 Å². The molecule has 0 bridgehead atoms. The Morgan fingerprint density at radius 1 is 1.32 bits per heavy atom. The van der Waals surface area contributed by atoms with Crippen LogP contribution in [-0.4, -0.2) is 31.3 Å². The number of ether oxygens (including phenoxy) is 2. The number of nitrogens with one attached hydrogen (secondary N) is 1. The van der Waals surface area contributed by atoms with Gasteiger partial charge in [0.25, 0.3) is 0 Å². The molecule has 0 radical (unpaired) electrons. The van der Waals surface area contributed by atoms with Gasteiger partial charge in [0.2, 0.25) is 5.91 Å². The quantitative estimate of drug-likeness (QED) is 0.824. The van der Waals surface area contributed by atoms with E-state index in [1.807, 2.05) is 30.3 Å². The molecular weight excluding hydrogens is 248 g/mol. The Balaban J connectivity index is 1.80. The summed E-state index contributed by atoms with van der Waals surface area (Å²) in [6.45, 7) is 0.689. The second kappa shape index (κ2) is 6.19. The number of primary amides is 1. The molecule has 1 aromatic carbocycles. The highest BCUT2D eigenvalue weighted by Gasteiger charge is 2.34. The average molecular weight is 264 g/mol. The van der Waals surface area contributed by atoms with Gasteiger partial charge in [-0.2, -0.15) is 0 Å². The summed E-state index contributed by atoms with van der Waals surface area (Å²) >= 11 is 0. The molecule has 0 spiro atoms. The van der Waals surface area contributed by atoms with Gasteiger partial charge in [0.05, 0.1) is 25.2 Å². The molecule has 1 heterocycles. The molecule has 2 rings (SSSR count). The molecule has 102 valence electrons. The number of rotatable bonds is 4. The van der Waals surface area contributed by atoms with Crippen molar-refractivity contribution in [3.8, 4) is 0 Å². The van der Waals surface area contributed by atoms with Gasteiger partial charge in [0, 0.05) is 0 Å². The molecule has 0 aliphatic carbocycles. The van der Waals surface area contributed by atoms with Crippen molar-refractivity contribution in [3.63, 3.8) is 0 Å². The lowest BCUT2D eigenvalue weighted by Crippen LogP contribution is -2.44. The van der Waals surface area contributed by atoms with E-state index >= 15 is 0 Å². The Hall–Kier alpha value is -2.08. The minimum Gasteiger partial charge on any atom is -0.445 e. The number of nitrogens with two attached hydrogens (primary N) is 1. The lowest BCUT2D eigenvalue weighted by atomic mass is 10.0. The summed E-state index contributed by atoms with van der Waals surface area (Å²) in [5, 5.41) is 2.59. The minimum atomic E-state index is -0.578. The van der Waals surface area contributed by atoms with Gasteiger partial charge in [-0.05, 0) is 5.56 Å². The van der Waals surface area contributed by atoms with Crippen LogP contribution in [0.15, 0.2) is 30.3 Å². The average Bonchev–Trinajstić information content (AvgIpc) is 2.86. The third kappa shape index (κ3) is 3.69. The Morgan fingerprint density at radius 3 is 2.74 bits per heavy atom. The zero-order valence-corrected chi connectivity index (χ0v) is 10.4. The number of carbonyl (C=O) groups is 2. The van der Waals surface area contributed by atoms with E-state index < -0.39 is 24.0 Å². The first kappa shape index (κ1) is 13.4. The maximum absolute atomic E-state index is 11.6. The second-order valence-electron chi connectivity index (χ2n) is 4.36. The Morgan fingerprint density at radius 2 is 2.05 bits per heavy atom. The van der Waals surface area contributed by atoms with Gasteiger partial charge in [0.1, 0.15) is 6.61 Å². The summed E-state index contributed by atoms with van der Waals surface area (Å²) in [5.74, 6) is -0.977. The van der Waals surface area contributed by atoms with Crippen LogP contribution in [0.4, 0.5) is 4.79 Å². The van der Waals surface area contributed by atoms with Crippen molar-refractivity contribution in [2.24, 2.45) is 11.7 Å². The second-order valence-corrected chi connectivity index (χ2v) is 4.36. The lowest BCUT2D eigenvalue weighted by Gasteiger charge is -2.16. The standard InChI is InChI=1S/C13H16N2O4/c14-12(16)10-7-18-8-11(10)15-13(17)19-6-9-4-2-1-3-5-9/h1-5,10-11H,6-8H2,(H2,14,16)(H,15,17)/t10-,11+/m0/s1. The topological polar surface area (TPSA) is 90.7 Å². The third-order valence-corrected chi connectivity index (χ3v) is 2.96. The van der Waals surface area contributed by atoms with E-state index in [2.05, 4.69) is 5.32 Å². The Kier molecular flexibility index (Phi) is 4.35. The monoisotopic (exact) mass is 264 g/mol. The van der Waals surface area contributed by atoms with E-state index in [0.29, 0.717) is 0 Å². The molecule has 2 atom stereocenters. The molecule has 1 aromatic rings. The zero-order chi connectivity index (χ0) is 13.7. The largest absolute Gasteiger partial charge is 0.445 e. The van der Waals surface area contributed by atoms with Crippen LogP contribution in [0.5, 0.6) is 0 Å². The number of hydrogen-bond acceptors (Lipinski definition) is 4. The number of hydrogen-bond donors (Lipinski definition) is 2. The molecule has 19 heavy (non-hydrogen) atoms. The van der Waals surface area contributed by atoms with Gasteiger partial charge in [-0.1, -0.05) is 30.3 Å². The first-order valence-corrected chi connectivity index (χ1v) is 6.01. The van der Waals surface area contributed by atoms with E-state index in [4.69, 9.17) is 15.2 Å². The van der Waals surface area contributed by atoms with Gasteiger partial charge in [-0.3, -0.25) is 4.79 Å². The number of benzene rings is 1. The first-order chi connectivity index (χ1) is 9.16. The van der Waals surface area contributed by atoms with Gasteiger partial charge in [0.15, 0.2) is 0 Å². The van der Waals surface area contributed by atoms with Crippen LogP contribution in [0.2, 0.25) is 0 Å². The smallest absolute Gasteiger partial charge is 0.407 e. The number of amides is 2. The third-order valence-electron chi connectivity index (χ3n) is 2.96. The number of carbonyl (C=O) groups excluding carboxylic acids is 2. The van der Waals surface area contributed by atoms with E-state index in [0.717, 1.165) is 5.56 Å². The predicted octanol–water partition coefficient (Wildman–Crippen LogP) is 0.413. The van der Waals surface area contributed by atoms with E-state index in [1.54, 1.807) is 0 Å².